The summed E-state index contributed by atoms with van der Waals surface area (Å²) in [6, 6.07) is 7.11. The highest BCUT2D eigenvalue weighted by molar-refractivity contribution is 6.02. The Morgan fingerprint density at radius 3 is 2.63 bits per heavy atom. The molecular weight excluding hydrogens is 244 g/mol. The normalized spacial score (nSPS) is 14.7. The third-order valence-corrected chi connectivity index (χ3v) is 2.78. The number of rotatable bonds is 2. The average Bonchev–Trinajstić information content (AvgIpc) is 2.40. The van der Waals surface area contributed by atoms with E-state index in [1.54, 1.807) is 19.2 Å². The zero-order valence-corrected chi connectivity index (χ0v) is 11.0. The summed E-state index contributed by atoms with van der Waals surface area (Å²) in [6.45, 7) is 4.17. The highest BCUT2D eigenvalue weighted by Gasteiger charge is 2.29. The van der Waals surface area contributed by atoms with Crippen molar-refractivity contribution in [3.63, 3.8) is 0 Å². The van der Waals surface area contributed by atoms with Gasteiger partial charge in [-0.25, -0.2) is 14.5 Å². The van der Waals surface area contributed by atoms with Crippen LogP contribution < -0.4 is 4.90 Å². The van der Waals surface area contributed by atoms with E-state index in [0.29, 0.717) is 0 Å². The van der Waals surface area contributed by atoms with Crippen LogP contribution in [0.3, 0.4) is 0 Å². The van der Waals surface area contributed by atoms with Gasteiger partial charge in [0.15, 0.2) is 0 Å². The Morgan fingerprint density at radius 2 is 2.00 bits per heavy atom. The van der Waals surface area contributed by atoms with Crippen molar-refractivity contribution in [3.05, 3.63) is 42.1 Å². The lowest BCUT2D eigenvalue weighted by Gasteiger charge is -2.29. The predicted octanol–water partition coefficient (Wildman–Crippen LogP) is 2.91. The molecule has 1 heterocycles. The highest BCUT2D eigenvalue weighted by Crippen LogP contribution is 2.20. The summed E-state index contributed by atoms with van der Waals surface area (Å²) in [5, 5.41) is 0. The standard InChI is InChI=1S/C14H16N2O3/c1-3-19-14(18)16-10-4-9-15(13(16)17)12-7-5-11(2)6-8-12/h4-9H,3,10H2,1-2H3. The zero-order chi connectivity index (χ0) is 13.8. The summed E-state index contributed by atoms with van der Waals surface area (Å²) < 4.78 is 4.86. The lowest BCUT2D eigenvalue weighted by Crippen LogP contribution is -2.47. The molecule has 0 unspecified atom stereocenters. The number of carbonyl (C=O) groups is 2. The molecule has 5 heteroatoms. The lowest BCUT2D eigenvalue weighted by atomic mass is 10.2. The predicted molar refractivity (Wildman–Crippen MR) is 71.9 cm³/mol. The maximum atomic E-state index is 12.2. The lowest BCUT2D eigenvalue weighted by molar-refractivity contribution is 0.118. The topological polar surface area (TPSA) is 49.9 Å². The molecule has 0 N–H and O–H groups in total. The molecule has 19 heavy (non-hydrogen) atoms. The van der Waals surface area contributed by atoms with Gasteiger partial charge in [-0.2, -0.15) is 0 Å². The van der Waals surface area contributed by atoms with Gasteiger partial charge in [0.1, 0.15) is 0 Å². The number of amides is 3. The van der Waals surface area contributed by atoms with Gasteiger partial charge in [-0.3, -0.25) is 4.90 Å². The molecule has 0 spiro atoms. The van der Waals surface area contributed by atoms with Gasteiger partial charge in [-0.15, -0.1) is 0 Å². The number of aryl methyl sites for hydroxylation is 1. The van der Waals surface area contributed by atoms with Gasteiger partial charge in [0.2, 0.25) is 0 Å². The first-order chi connectivity index (χ1) is 9.13. The Labute approximate surface area is 112 Å². The van der Waals surface area contributed by atoms with Crippen LogP contribution in [0.2, 0.25) is 0 Å². The zero-order valence-electron chi connectivity index (χ0n) is 11.0. The summed E-state index contributed by atoms with van der Waals surface area (Å²) >= 11 is 0. The molecule has 2 rings (SSSR count). The molecule has 0 fully saturated rings. The van der Waals surface area contributed by atoms with Crippen molar-refractivity contribution >= 4 is 17.8 Å². The molecule has 1 aromatic carbocycles. The molecule has 0 radical (unpaired) electrons. The Kier molecular flexibility index (Phi) is 3.85. The minimum Gasteiger partial charge on any atom is -0.449 e. The van der Waals surface area contributed by atoms with Crippen molar-refractivity contribution in [2.24, 2.45) is 0 Å². The maximum absolute atomic E-state index is 12.2. The van der Waals surface area contributed by atoms with Crippen molar-refractivity contribution in [1.29, 1.82) is 0 Å². The van der Waals surface area contributed by atoms with Crippen molar-refractivity contribution in [2.75, 3.05) is 18.1 Å². The Hall–Kier alpha value is -2.30. The summed E-state index contributed by atoms with van der Waals surface area (Å²) in [5.41, 5.74) is 1.83. The third kappa shape index (κ3) is 2.76. The summed E-state index contributed by atoms with van der Waals surface area (Å²) in [7, 11) is 0. The van der Waals surface area contributed by atoms with E-state index in [4.69, 9.17) is 4.74 Å². The molecule has 0 aliphatic carbocycles. The molecule has 100 valence electrons. The third-order valence-electron chi connectivity index (χ3n) is 2.78. The maximum Gasteiger partial charge on any atom is 0.418 e. The van der Waals surface area contributed by atoms with Crippen LogP contribution in [0.25, 0.3) is 0 Å². The van der Waals surface area contributed by atoms with E-state index in [0.717, 1.165) is 16.2 Å². The Balaban J connectivity index is 2.21. The second-order valence-corrected chi connectivity index (χ2v) is 4.18. The second kappa shape index (κ2) is 5.56. The summed E-state index contributed by atoms with van der Waals surface area (Å²) in [6.07, 6.45) is 2.80. The van der Waals surface area contributed by atoms with Gasteiger partial charge in [0, 0.05) is 6.20 Å². The summed E-state index contributed by atoms with van der Waals surface area (Å²) in [5.74, 6) is 0. The average molecular weight is 260 g/mol. The van der Waals surface area contributed by atoms with Crippen LogP contribution in [0.5, 0.6) is 0 Å². The van der Waals surface area contributed by atoms with Crippen LogP contribution in [-0.2, 0) is 4.74 Å². The SMILES string of the molecule is CCOC(=O)N1CC=CN(c2ccc(C)cc2)C1=O. The minimum atomic E-state index is -0.617. The summed E-state index contributed by atoms with van der Waals surface area (Å²) in [4.78, 5) is 26.4. The fourth-order valence-corrected chi connectivity index (χ4v) is 1.79. The number of carbonyl (C=O) groups excluding carboxylic acids is 2. The van der Waals surface area contributed by atoms with E-state index in [1.807, 2.05) is 31.2 Å². The van der Waals surface area contributed by atoms with Crippen molar-refractivity contribution in [1.82, 2.24) is 4.90 Å². The van der Waals surface area contributed by atoms with E-state index in [9.17, 15) is 9.59 Å². The Morgan fingerprint density at radius 1 is 1.32 bits per heavy atom. The molecule has 0 aromatic heterocycles. The number of benzene rings is 1. The largest absolute Gasteiger partial charge is 0.449 e. The van der Waals surface area contributed by atoms with Gasteiger partial charge in [0.05, 0.1) is 18.8 Å². The van der Waals surface area contributed by atoms with Crippen LogP contribution >= 0.6 is 0 Å². The number of imide groups is 1. The van der Waals surface area contributed by atoms with Gasteiger partial charge >= 0.3 is 12.1 Å². The molecule has 0 bridgehead atoms. The van der Waals surface area contributed by atoms with Gasteiger partial charge < -0.3 is 4.74 Å². The molecule has 5 nitrogen and oxygen atoms in total. The van der Waals surface area contributed by atoms with Crippen LogP contribution in [0.4, 0.5) is 15.3 Å². The van der Waals surface area contributed by atoms with Crippen LogP contribution in [0.1, 0.15) is 12.5 Å². The molecule has 0 atom stereocenters. The van der Waals surface area contributed by atoms with E-state index in [-0.39, 0.29) is 13.2 Å². The van der Waals surface area contributed by atoms with Crippen molar-refractivity contribution in [3.8, 4) is 0 Å². The van der Waals surface area contributed by atoms with Crippen molar-refractivity contribution < 1.29 is 14.3 Å². The molecule has 1 aromatic rings. The highest BCUT2D eigenvalue weighted by atomic mass is 16.6. The number of anilines is 1. The quantitative estimate of drug-likeness (QED) is 0.821. The van der Waals surface area contributed by atoms with E-state index < -0.39 is 12.1 Å². The van der Waals surface area contributed by atoms with E-state index >= 15 is 0 Å². The van der Waals surface area contributed by atoms with Gasteiger partial charge in [-0.05, 0) is 32.1 Å². The fraction of sp³-hybridized carbons (Fsp3) is 0.286. The minimum absolute atomic E-state index is 0.236. The number of urea groups is 1. The number of hydrogen-bond acceptors (Lipinski definition) is 3. The van der Waals surface area contributed by atoms with E-state index in [1.165, 1.54) is 4.90 Å². The number of hydrogen-bond donors (Lipinski definition) is 0. The van der Waals surface area contributed by atoms with Gasteiger partial charge in [-0.1, -0.05) is 17.7 Å². The van der Waals surface area contributed by atoms with Crippen LogP contribution in [0, 0.1) is 6.92 Å². The monoisotopic (exact) mass is 260 g/mol. The van der Waals surface area contributed by atoms with Crippen molar-refractivity contribution in [2.45, 2.75) is 13.8 Å². The first-order valence-corrected chi connectivity index (χ1v) is 6.14. The first kappa shape index (κ1) is 13.1. The number of nitrogens with zero attached hydrogens (tertiary/aromatic N) is 2. The first-order valence-electron chi connectivity index (χ1n) is 6.14. The molecular formula is C14H16N2O3. The van der Waals surface area contributed by atoms with Gasteiger partial charge in [0.25, 0.3) is 0 Å². The molecule has 1 aliphatic rings. The van der Waals surface area contributed by atoms with Crippen LogP contribution in [-0.4, -0.2) is 30.2 Å². The fourth-order valence-electron chi connectivity index (χ4n) is 1.79. The number of ether oxygens (including phenoxy) is 1. The molecule has 3 amide bonds. The molecule has 0 saturated heterocycles. The molecule has 1 aliphatic heterocycles. The second-order valence-electron chi connectivity index (χ2n) is 4.18. The molecule has 0 saturated carbocycles. The Bertz CT molecular complexity index is 508. The van der Waals surface area contributed by atoms with E-state index in [2.05, 4.69) is 0 Å². The smallest absolute Gasteiger partial charge is 0.418 e. The van der Waals surface area contributed by atoms with Crippen LogP contribution in [0.15, 0.2) is 36.5 Å².